The molecule has 8 heteroatoms. The number of nitro groups is 1. The molecule has 0 amide bonds. The number of hydrogen-bond acceptors (Lipinski definition) is 6. The van der Waals surface area contributed by atoms with E-state index in [1.807, 2.05) is 6.07 Å². The first-order chi connectivity index (χ1) is 10.5. The minimum atomic E-state index is -0.835. The molecule has 1 atom stereocenters. The van der Waals surface area contributed by atoms with E-state index >= 15 is 0 Å². The van der Waals surface area contributed by atoms with Gasteiger partial charge in [-0.1, -0.05) is 0 Å². The first kappa shape index (κ1) is 15.9. The summed E-state index contributed by atoms with van der Waals surface area (Å²) in [6.07, 6.45) is 2.37. The van der Waals surface area contributed by atoms with E-state index in [2.05, 4.69) is 10.3 Å². The monoisotopic (exact) mass is 318 g/mol. The number of nitriles is 1. The largest absolute Gasteiger partial charge is 0.370 e. The molecule has 1 unspecified atom stereocenters. The number of nitrogens with one attached hydrogen (secondary N) is 1. The van der Waals surface area contributed by atoms with Crippen LogP contribution in [0.2, 0.25) is 0 Å². The van der Waals surface area contributed by atoms with Crippen molar-refractivity contribution in [2.45, 2.75) is 6.42 Å². The van der Waals surface area contributed by atoms with E-state index in [-0.39, 0.29) is 5.69 Å². The Hall–Kier alpha value is -2.53. The van der Waals surface area contributed by atoms with Crippen molar-refractivity contribution in [3.8, 4) is 6.07 Å². The van der Waals surface area contributed by atoms with Crippen LogP contribution >= 0.6 is 0 Å². The summed E-state index contributed by atoms with van der Waals surface area (Å²) in [5.74, 6) is 1.12. The summed E-state index contributed by atoms with van der Waals surface area (Å²) < 4.78 is 11.0. The van der Waals surface area contributed by atoms with Crippen LogP contribution in [0, 0.1) is 21.4 Å². The highest BCUT2D eigenvalue weighted by molar-refractivity contribution is 7.84. The fourth-order valence-corrected chi connectivity index (χ4v) is 2.55. The van der Waals surface area contributed by atoms with Crippen molar-refractivity contribution >= 4 is 33.2 Å². The maximum atomic E-state index is 11.0. The Balaban J connectivity index is 2.28. The highest BCUT2D eigenvalue weighted by atomic mass is 32.2. The first-order valence-electron chi connectivity index (χ1n) is 6.54. The lowest BCUT2D eigenvalue weighted by Crippen LogP contribution is -2.07. The minimum Gasteiger partial charge on any atom is -0.370 e. The molecule has 0 fully saturated rings. The van der Waals surface area contributed by atoms with Gasteiger partial charge in [-0.25, -0.2) is 4.98 Å². The van der Waals surface area contributed by atoms with Crippen LogP contribution in [0.25, 0.3) is 10.9 Å². The van der Waals surface area contributed by atoms with Crippen LogP contribution in [-0.4, -0.2) is 32.7 Å². The van der Waals surface area contributed by atoms with Gasteiger partial charge in [0, 0.05) is 46.9 Å². The third-order valence-corrected chi connectivity index (χ3v) is 3.90. The number of anilines is 1. The Morgan fingerprint density at radius 1 is 1.45 bits per heavy atom. The molecule has 0 aliphatic rings. The highest BCUT2D eigenvalue weighted by Crippen LogP contribution is 2.24. The van der Waals surface area contributed by atoms with Crippen LogP contribution in [0.1, 0.15) is 12.0 Å². The molecule has 0 spiro atoms. The van der Waals surface area contributed by atoms with Crippen molar-refractivity contribution in [2.24, 2.45) is 0 Å². The maximum absolute atomic E-state index is 11.0. The lowest BCUT2D eigenvalue weighted by atomic mass is 10.1. The van der Waals surface area contributed by atoms with Gasteiger partial charge in [0.05, 0.1) is 22.1 Å². The normalized spacial score (nSPS) is 11.8. The first-order valence-corrected chi connectivity index (χ1v) is 8.27. The molecule has 2 aromatic rings. The average Bonchev–Trinajstić information content (AvgIpc) is 2.49. The maximum Gasteiger partial charge on any atom is 0.270 e. The number of nitrogens with zero attached hydrogens (tertiary/aromatic N) is 3. The molecule has 1 aromatic carbocycles. The predicted molar refractivity (Wildman–Crippen MR) is 85.2 cm³/mol. The van der Waals surface area contributed by atoms with Gasteiger partial charge in [-0.2, -0.15) is 5.26 Å². The third-order valence-electron chi connectivity index (χ3n) is 3.04. The second kappa shape index (κ2) is 6.95. The zero-order chi connectivity index (χ0) is 16.1. The smallest absolute Gasteiger partial charge is 0.270 e. The number of rotatable bonds is 6. The van der Waals surface area contributed by atoms with E-state index < -0.39 is 15.7 Å². The molecule has 2 rings (SSSR count). The van der Waals surface area contributed by atoms with Gasteiger partial charge in [0.1, 0.15) is 5.82 Å². The van der Waals surface area contributed by atoms with Crippen LogP contribution in [0.5, 0.6) is 0 Å². The van der Waals surface area contributed by atoms with Crippen LogP contribution in [-0.2, 0) is 10.8 Å². The van der Waals surface area contributed by atoms with E-state index in [9.17, 15) is 19.6 Å². The summed E-state index contributed by atoms with van der Waals surface area (Å²) in [6, 6.07) is 7.84. The van der Waals surface area contributed by atoms with Gasteiger partial charge in [-0.3, -0.25) is 14.3 Å². The molecule has 0 bridgehead atoms. The average molecular weight is 318 g/mol. The molecular formula is C14H14N4O3S. The van der Waals surface area contributed by atoms with Gasteiger partial charge in [0.2, 0.25) is 0 Å². The fraction of sp³-hybridized carbons (Fsp3) is 0.286. The van der Waals surface area contributed by atoms with Gasteiger partial charge in [-0.05, 0) is 18.6 Å². The molecular weight excluding hydrogens is 304 g/mol. The van der Waals surface area contributed by atoms with Gasteiger partial charge < -0.3 is 5.32 Å². The van der Waals surface area contributed by atoms with Crippen LogP contribution in [0.15, 0.2) is 24.3 Å². The number of aromatic nitrogens is 1. The summed E-state index contributed by atoms with van der Waals surface area (Å²) >= 11 is 0. The number of pyridine rings is 1. The van der Waals surface area contributed by atoms with Crippen molar-refractivity contribution in [1.82, 2.24) is 4.98 Å². The quantitative estimate of drug-likeness (QED) is 0.497. The van der Waals surface area contributed by atoms with Gasteiger partial charge >= 0.3 is 0 Å². The van der Waals surface area contributed by atoms with E-state index in [0.717, 1.165) is 6.42 Å². The fourth-order valence-electron chi connectivity index (χ4n) is 2.00. The molecule has 1 aromatic heterocycles. The molecule has 0 aliphatic carbocycles. The summed E-state index contributed by atoms with van der Waals surface area (Å²) in [5, 5.41) is 23.6. The summed E-state index contributed by atoms with van der Waals surface area (Å²) in [7, 11) is -0.835. The van der Waals surface area contributed by atoms with E-state index in [0.29, 0.717) is 34.6 Å². The lowest BCUT2D eigenvalue weighted by Gasteiger charge is -2.07. The Morgan fingerprint density at radius 2 is 2.23 bits per heavy atom. The number of hydrogen-bond donors (Lipinski definition) is 1. The Bertz CT molecular complexity index is 785. The summed E-state index contributed by atoms with van der Waals surface area (Å²) in [5.41, 5.74) is 0.776. The zero-order valence-electron chi connectivity index (χ0n) is 11.9. The molecule has 7 nitrogen and oxygen atoms in total. The molecule has 1 heterocycles. The van der Waals surface area contributed by atoms with Crippen LogP contribution < -0.4 is 5.32 Å². The van der Waals surface area contributed by atoms with E-state index in [1.165, 1.54) is 18.2 Å². The number of benzene rings is 1. The topological polar surface area (TPSA) is 109 Å². The molecule has 114 valence electrons. The zero-order valence-corrected chi connectivity index (χ0v) is 12.7. The minimum absolute atomic E-state index is 0.0723. The SMILES string of the molecule is CS(=O)CCCNc1cc(C#N)c2cc([N+](=O)[O-])ccc2n1. The molecule has 0 aliphatic heterocycles. The van der Waals surface area contributed by atoms with E-state index in [4.69, 9.17) is 0 Å². The van der Waals surface area contributed by atoms with Crippen molar-refractivity contribution < 1.29 is 9.13 Å². The summed E-state index contributed by atoms with van der Waals surface area (Å²) in [6.45, 7) is 0.593. The molecule has 0 saturated carbocycles. The molecule has 22 heavy (non-hydrogen) atoms. The van der Waals surface area contributed by atoms with Gasteiger partial charge in [-0.15, -0.1) is 0 Å². The predicted octanol–water partition coefficient (Wildman–Crippen LogP) is 2.20. The van der Waals surface area contributed by atoms with Crippen molar-refractivity contribution in [3.63, 3.8) is 0 Å². The number of fused-ring (bicyclic) bond motifs is 1. The van der Waals surface area contributed by atoms with E-state index in [1.54, 1.807) is 12.3 Å². The number of non-ortho nitro benzene ring substituents is 1. The standard InChI is InChI=1S/C14H14N4O3S/c1-22(21)6-2-5-16-14-7-10(9-15)12-8-11(18(19)20)3-4-13(12)17-14/h3-4,7-8H,2,5-6H2,1H3,(H,16,17). The van der Waals surface area contributed by atoms with Gasteiger partial charge in [0.25, 0.3) is 5.69 Å². The Kier molecular flexibility index (Phi) is 5.01. The number of nitro benzene ring substituents is 1. The Labute approximate surface area is 129 Å². The van der Waals surface area contributed by atoms with Crippen LogP contribution in [0.4, 0.5) is 11.5 Å². The van der Waals surface area contributed by atoms with Crippen molar-refractivity contribution in [2.75, 3.05) is 23.9 Å². The molecule has 0 saturated heterocycles. The molecule has 0 radical (unpaired) electrons. The second-order valence-corrected chi connectivity index (χ2v) is 6.24. The van der Waals surface area contributed by atoms with Crippen molar-refractivity contribution in [1.29, 1.82) is 5.26 Å². The summed E-state index contributed by atoms with van der Waals surface area (Å²) in [4.78, 5) is 14.6. The third kappa shape index (κ3) is 3.77. The lowest BCUT2D eigenvalue weighted by molar-refractivity contribution is -0.384. The van der Waals surface area contributed by atoms with Crippen LogP contribution in [0.3, 0.4) is 0 Å². The van der Waals surface area contributed by atoms with Crippen molar-refractivity contribution in [3.05, 3.63) is 39.9 Å². The Morgan fingerprint density at radius 3 is 2.86 bits per heavy atom. The highest BCUT2D eigenvalue weighted by Gasteiger charge is 2.11. The van der Waals surface area contributed by atoms with Gasteiger partial charge in [0.15, 0.2) is 0 Å². The second-order valence-electron chi connectivity index (χ2n) is 4.68. The molecule has 1 N–H and O–H groups in total.